The van der Waals surface area contributed by atoms with Crippen LogP contribution in [0.25, 0.3) is 21.8 Å². The molecule has 0 spiro atoms. The second kappa shape index (κ2) is 36.4. The molecule has 79 heavy (non-hydrogen) atoms. The van der Waals surface area contributed by atoms with Crippen LogP contribution in [0, 0.1) is 29.1 Å². The van der Waals surface area contributed by atoms with E-state index < -0.39 is 82.8 Å². The van der Waals surface area contributed by atoms with Gasteiger partial charge in [0, 0.05) is 59.9 Å². The van der Waals surface area contributed by atoms with Gasteiger partial charge in [0.15, 0.2) is 0 Å². The van der Waals surface area contributed by atoms with Crippen LogP contribution >= 0.6 is 0 Å². The maximum atomic E-state index is 14.2. The van der Waals surface area contributed by atoms with Crippen LogP contribution in [0.15, 0.2) is 60.9 Å². The summed E-state index contributed by atoms with van der Waals surface area (Å²) in [5, 5.41) is 21.9. The topological polar surface area (TPSA) is 212 Å². The van der Waals surface area contributed by atoms with Crippen LogP contribution in [0.4, 0.5) is 22.0 Å². The molecule has 14 nitrogen and oxygen atoms in total. The second-order valence-corrected chi connectivity index (χ2v) is 19.5. The summed E-state index contributed by atoms with van der Waals surface area (Å²) in [6.07, 6.45) is 20.4. The first kappa shape index (κ1) is 68.3. The van der Waals surface area contributed by atoms with Gasteiger partial charge in [-0.2, -0.15) is 8.78 Å². The highest BCUT2D eigenvalue weighted by Gasteiger charge is 2.33. The molecule has 3 aromatic carbocycles. The molecule has 4 amide bonds. The molecule has 0 bridgehead atoms. The third-order valence-electron chi connectivity index (χ3n) is 13.3. The summed E-state index contributed by atoms with van der Waals surface area (Å²) in [5.74, 6) is -17.6. The molecule has 438 valence electrons. The molecule has 0 aliphatic heterocycles. The van der Waals surface area contributed by atoms with Crippen molar-refractivity contribution in [2.24, 2.45) is 0 Å². The molecular formula is C60H85F5N6O8. The largest absolute Gasteiger partial charge is 0.480 e. The number of rotatable bonds is 33. The minimum Gasteiger partial charge on any atom is -0.480 e. The summed E-state index contributed by atoms with van der Waals surface area (Å²) in [6.45, 7) is 7.84. The van der Waals surface area contributed by atoms with E-state index in [0.29, 0.717) is 31.2 Å². The lowest BCUT2D eigenvalue weighted by molar-refractivity contribution is -0.142. The number of carbonyl (C=O) groups excluding carboxylic acids is 5. The summed E-state index contributed by atoms with van der Waals surface area (Å²) >= 11 is 0. The summed E-state index contributed by atoms with van der Waals surface area (Å²) in [6, 6.07) is 10.7. The number of unbranched alkanes of at least 4 members (excludes halogenated alkanes) is 12. The molecule has 0 saturated heterocycles. The summed E-state index contributed by atoms with van der Waals surface area (Å²) < 4.78 is 73.6. The predicted octanol–water partition coefficient (Wildman–Crippen LogP) is 12.9. The Morgan fingerprint density at radius 2 is 0.848 bits per heavy atom. The van der Waals surface area contributed by atoms with E-state index in [4.69, 9.17) is 0 Å². The predicted molar refractivity (Wildman–Crippen MR) is 300 cm³/mol. The number of benzene rings is 3. The van der Waals surface area contributed by atoms with Crippen LogP contribution in [-0.4, -0.2) is 74.8 Å². The first-order chi connectivity index (χ1) is 37.0. The summed E-state index contributed by atoms with van der Waals surface area (Å²) in [4.78, 5) is 82.6. The number of amides is 4. The molecule has 0 saturated carbocycles. The number of aromatic amines is 2. The van der Waals surface area contributed by atoms with Crippen LogP contribution in [-0.2, 0) is 41.6 Å². The molecule has 2 heterocycles. The van der Waals surface area contributed by atoms with Gasteiger partial charge in [0.1, 0.15) is 24.2 Å². The number of H-pyrrole nitrogens is 2. The first-order valence-corrected chi connectivity index (χ1v) is 27.3. The Bertz CT molecular complexity index is 2670. The number of ether oxygens (including phenoxy) is 1. The van der Waals surface area contributed by atoms with Crippen molar-refractivity contribution in [3.05, 3.63) is 101 Å². The number of fused-ring (bicyclic) bond motifs is 2. The van der Waals surface area contributed by atoms with Crippen LogP contribution < -0.4 is 26.0 Å². The van der Waals surface area contributed by atoms with Crippen LogP contribution in [0.3, 0.4) is 0 Å². The normalized spacial score (nSPS) is 12.4. The van der Waals surface area contributed by atoms with Gasteiger partial charge in [0.25, 0.3) is 0 Å². The zero-order valence-electron chi connectivity index (χ0n) is 44.8. The molecule has 7 N–H and O–H groups in total. The van der Waals surface area contributed by atoms with Crippen LogP contribution in [0.1, 0.15) is 182 Å². The van der Waals surface area contributed by atoms with E-state index in [2.05, 4.69) is 49.8 Å². The minimum absolute atomic E-state index is 0. The van der Waals surface area contributed by atoms with Crippen molar-refractivity contribution in [3.63, 3.8) is 0 Å². The van der Waals surface area contributed by atoms with Crippen molar-refractivity contribution < 1.29 is 60.6 Å². The Labute approximate surface area is 462 Å². The highest BCUT2D eigenvalue weighted by Crippen LogP contribution is 2.30. The maximum Gasteiger partial charge on any atom is 0.334 e. The third-order valence-corrected chi connectivity index (χ3v) is 13.3. The number of aliphatic carboxylic acids is 1. The molecule has 0 aliphatic carbocycles. The van der Waals surface area contributed by atoms with Gasteiger partial charge in [-0.05, 0) is 48.9 Å². The van der Waals surface area contributed by atoms with Crippen LogP contribution in [0.5, 0.6) is 5.75 Å². The highest BCUT2D eigenvalue weighted by atomic mass is 19.2. The van der Waals surface area contributed by atoms with Gasteiger partial charge in [-0.1, -0.05) is 169 Å². The lowest BCUT2D eigenvalue weighted by Crippen LogP contribution is -2.53. The Balaban J connectivity index is 0.000000548. The highest BCUT2D eigenvalue weighted by molar-refractivity contribution is 5.93. The molecule has 4 atom stereocenters. The number of carboxylic acid groups (broad SMARTS) is 1. The van der Waals surface area contributed by atoms with Gasteiger partial charge in [0.05, 0.1) is 0 Å². The monoisotopic (exact) mass is 1110 g/mol. The number of carbonyl (C=O) groups is 6. The lowest BCUT2D eigenvalue weighted by atomic mass is 10.0. The van der Waals surface area contributed by atoms with Crippen molar-refractivity contribution in [1.29, 1.82) is 0 Å². The number of aromatic nitrogens is 2. The third kappa shape index (κ3) is 21.8. The molecule has 4 unspecified atom stereocenters. The minimum atomic E-state index is -2.40. The van der Waals surface area contributed by atoms with Crippen molar-refractivity contribution in [3.8, 4) is 5.75 Å². The summed E-state index contributed by atoms with van der Waals surface area (Å²) in [5.41, 5.74) is 3.39. The van der Waals surface area contributed by atoms with E-state index in [1.165, 1.54) is 32.1 Å². The quantitative estimate of drug-likeness (QED) is 0.00535. The SMILES string of the molecule is C.C.CCCCCCCCCC(=O)NC(Cc1c[nH]c2ccccc12)C(=O)NC(CCC)C(=O)O.CCCCCCCCCC(=O)NC(Cc1c[nH]c2ccccc12)C(=O)NC(CCC)C(=O)Oc1c(F)c(F)c(F)c(F)c1F. The number of hydrogen-bond donors (Lipinski definition) is 7. The number of halogens is 5. The van der Waals surface area contributed by atoms with E-state index >= 15 is 0 Å². The average molecular weight is 1110 g/mol. The zero-order valence-corrected chi connectivity index (χ0v) is 44.8. The standard InChI is InChI=1S/C32H38F5N3O4.C26H39N3O4.2CH4/c1-3-5-6-7-8-9-10-16-24(41)39-23(17-19-18-38-21-15-12-11-14-20(19)21)31(42)40-22(13-4-2)32(43)44-30-28(36)26(34)25(33)27(35)29(30)37;1-3-5-6-7-8-9-10-16-24(30)28-23(25(31)29-22(13-4-2)26(32)33)17-19-18-27-21-15-12-11-14-20(19)21;;/h11-12,14-15,18,22-23,38H,3-10,13,16-17H2,1-2H3,(H,39,41)(H,40,42);11-12,14-15,18,22-23,27H,3-10,13,16-17H2,1-2H3,(H,28,30)(H,29,31)(H,32,33);2*1H4. The molecular weight excluding hydrogens is 1030 g/mol. The van der Waals surface area contributed by atoms with Gasteiger partial charge < -0.3 is 41.1 Å². The number of carboxylic acids is 1. The van der Waals surface area contributed by atoms with Crippen molar-refractivity contribution >= 4 is 57.4 Å². The van der Waals surface area contributed by atoms with Crippen molar-refractivity contribution in [2.45, 2.75) is 208 Å². The smallest absolute Gasteiger partial charge is 0.334 e. The lowest BCUT2D eigenvalue weighted by Gasteiger charge is -2.23. The van der Waals surface area contributed by atoms with Gasteiger partial charge in [-0.25, -0.2) is 22.8 Å². The van der Waals surface area contributed by atoms with Crippen molar-refractivity contribution in [1.82, 2.24) is 31.2 Å². The Morgan fingerprint density at radius 1 is 0.481 bits per heavy atom. The van der Waals surface area contributed by atoms with E-state index in [1.807, 2.05) is 61.7 Å². The molecule has 0 aliphatic rings. The second-order valence-electron chi connectivity index (χ2n) is 19.5. The van der Waals surface area contributed by atoms with Crippen molar-refractivity contribution in [2.75, 3.05) is 0 Å². The fourth-order valence-corrected chi connectivity index (χ4v) is 8.95. The van der Waals surface area contributed by atoms with E-state index in [9.17, 15) is 55.8 Å². The van der Waals surface area contributed by atoms with Gasteiger partial charge in [-0.3, -0.25) is 19.2 Å². The molecule has 5 rings (SSSR count). The molecule has 0 fully saturated rings. The molecule has 5 aromatic rings. The van der Waals surface area contributed by atoms with Gasteiger partial charge in [-0.15, -0.1) is 0 Å². The van der Waals surface area contributed by atoms with Gasteiger partial charge >= 0.3 is 11.9 Å². The van der Waals surface area contributed by atoms with E-state index in [1.54, 1.807) is 13.1 Å². The van der Waals surface area contributed by atoms with E-state index in [0.717, 1.165) is 78.7 Å². The number of nitrogens with one attached hydrogen (secondary N) is 6. The molecule has 2 aromatic heterocycles. The fraction of sp³-hybridized carbons (Fsp3) is 0.533. The number of hydrogen-bond acceptors (Lipinski definition) is 7. The fourth-order valence-electron chi connectivity index (χ4n) is 8.95. The number of para-hydroxylation sites is 2. The average Bonchev–Trinajstić information content (AvgIpc) is 4.04. The van der Waals surface area contributed by atoms with E-state index in [-0.39, 0.29) is 58.8 Å². The zero-order chi connectivity index (χ0) is 56.3. The Hall–Kier alpha value is -6.79. The van der Waals surface area contributed by atoms with Gasteiger partial charge in [0.2, 0.25) is 58.5 Å². The Morgan fingerprint density at radius 3 is 1.25 bits per heavy atom. The van der Waals surface area contributed by atoms with Crippen LogP contribution in [0.2, 0.25) is 0 Å². The number of esters is 1. The Kier molecular flexibility index (Phi) is 31.5. The molecule has 0 radical (unpaired) electrons. The first-order valence-electron chi connectivity index (χ1n) is 27.3. The maximum absolute atomic E-state index is 14.2. The summed E-state index contributed by atoms with van der Waals surface area (Å²) in [7, 11) is 0. The molecule has 19 heteroatoms.